The fourth-order valence-electron chi connectivity index (χ4n) is 2.33. The molecule has 5 nitrogen and oxygen atoms in total. The van der Waals surface area contributed by atoms with E-state index >= 15 is 0 Å². The van der Waals surface area contributed by atoms with Crippen LogP contribution in [0, 0.1) is 0 Å². The number of fused-ring (bicyclic) bond motifs is 1. The number of benzene rings is 1. The second kappa shape index (κ2) is 6.16. The lowest BCUT2D eigenvalue weighted by molar-refractivity contribution is 0.0546. The highest BCUT2D eigenvalue weighted by Crippen LogP contribution is 2.37. The zero-order chi connectivity index (χ0) is 16.5. The summed E-state index contributed by atoms with van der Waals surface area (Å²) >= 11 is 0. The highest BCUT2D eigenvalue weighted by Gasteiger charge is 2.32. The molecule has 5 heteroatoms. The van der Waals surface area contributed by atoms with Crippen LogP contribution in [0.5, 0.6) is 5.75 Å². The van der Waals surface area contributed by atoms with Gasteiger partial charge in [0.15, 0.2) is 0 Å². The van der Waals surface area contributed by atoms with Crippen molar-refractivity contribution in [2.75, 3.05) is 11.4 Å². The van der Waals surface area contributed by atoms with Gasteiger partial charge in [-0.1, -0.05) is 13.0 Å². The van der Waals surface area contributed by atoms with E-state index < -0.39 is 17.8 Å². The second-order valence-electron chi connectivity index (χ2n) is 6.64. The minimum Gasteiger partial charge on any atom is -0.486 e. The van der Waals surface area contributed by atoms with Crippen molar-refractivity contribution < 1.29 is 19.4 Å². The Morgan fingerprint density at radius 2 is 2.18 bits per heavy atom. The zero-order valence-corrected chi connectivity index (χ0v) is 13.9. The monoisotopic (exact) mass is 307 g/mol. The Kier molecular flexibility index (Phi) is 4.66. The first kappa shape index (κ1) is 16.6. The molecule has 2 atom stereocenters. The van der Waals surface area contributed by atoms with Gasteiger partial charge in [0.25, 0.3) is 0 Å². The Hall–Kier alpha value is -1.75. The molecule has 1 aliphatic rings. The number of hydrogen-bond acceptors (Lipinski definition) is 4. The van der Waals surface area contributed by atoms with Crippen LogP contribution in [-0.4, -0.2) is 29.4 Å². The summed E-state index contributed by atoms with van der Waals surface area (Å²) in [6.45, 7) is 9.69. The van der Waals surface area contributed by atoms with Gasteiger partial charge in [0.05, 0.1) is 18.3 Å². The molecular formula is C17H25NO4. The van der Waals surface area contributed by atoms with Gasteiger partial charge in [-0.05, 0) is 51.8 Å². The van der Waals surface area contributed by atoms with Crippen molar-refractivity contribution in [1.82, 2.24) is 0 Å². The third-order valence-electron chi connectivity index (χ3n) is 3.51. The molecule has 1 aliphatic heterocycles. The molecule has 0 saturated carbocycles. The van der Waals surface area contributed by atoms with Crippen LogP contribution < -0.4 is 9.64 Å². The van der Waals surface area contributed by atoms with E-state index in [0.29, 0.717) is 18.0 Å². The summed E-state index contributed by atoms with van der Waals surface area (Å²) in [5.74, 6) is 0.647. The summed E-state index contributed by atoms with van der Waals surface area (Å²) in [7, 11) is 0. The van der Waals surface area contributed by atoms with Crippen LogP contribution in [0.2, 0.25) is 0 Å². The molecule has 1 aromatic rings. The normalized spacial score (nSPS) is 19.2. The van der Waals surface area contributed by atoms with Crippen LogP contribution in [-0.2, 0) is 4.74 Å². The lowest BCUT2D eigenvalue weighted by Gasteiger charge is -2.36. The van der Waals surface area contributed by atoms with Crippen LogP contribution in [0.3, 0.4) is 0 Å². The fourth-order valence-corrected chi connectivity index (χ4v) is 2.33. The Morgan fingerprint density at radius 1 is 1.50 bits per heavy atom. The predicted octanol–water partition coefficient (Wildman–Crippen LogP) is 3.65. The molecule has 122 valence electrons. The van der Waals surface area contributed by atoms with Crippen LogP contribution in [0.1, 0.15) is 52.7 Å². The van der Waals surface area contributed by atoms with Crippen LogP contribution in [0.4, 0.5) is 10.5 Å². The molecule has 2 unspecified atom stereocenters. The first-order valence-electron chi connectivity index (χ1n) is 7.70. The summed E-state index contributed by atoms with van der Waals surface area (Å²) in [5, 5.41) is 9.76. The molecule has 0 aliphatic carbocycles. The van der Waals surface area contributed by atoms with Crippen molar-refractivity contribution in [3.05, 3.63) is 23.8 Å². The molecule has 0 spiro atoms. The van der Waals surface area contributed by atoms with E-state index in [-0.39, 0.29) is 6.10 Å². The number of carbonyl (C=O) groups excluding carboxylic acids is 1. The van der Waals surface area contributed by atoms with Gasteiger partial charge in [-0.25, -0.2) is 4.79 Å². The molecule has 2 rings (SSSR count). The quantitative estimate of drug-likeness (QED) is 0.906. The topological polar surface area (TPSA) is 59.0 Å². The number of rotatable bonds is 2. The standard InChI is InChI=1S/C17H25NO4/c1-6-13-10-18(16(20)22-17(3,4)5)14-9-12(11(2)19)7-8-15(14)21-13/h7-9,11,13,19H,6,10H2,1-5H3. The van der Waals surface area contributed by atoms with Gasteiger partial charge < -0.3 is 14.6 Å². The van der Waals surface area contributed by atoms with Gasteiger partial charge in [-0.15, -0.1) is 0 Å². The van der Waals surface area contributed by atoms with E-state index in [9.17, 15) is 9.90 Å². The second-order valence-corrected chi connectivity index (χ2v) is 6.64. The third kappa shape index (κ3) is 3.71. The van der Waals surface area contributed by atoms with E-state index in [0.717, 1.165) is 12.0 Å². The van der Waals surface area contributed by atoms with Crippen LogP contribution >= 0.6 is 0 Å². The Balaban J connectivity index is 2.37. The maximum Gasteiger partial charge on any atom is 0.415 e. The van der Waals surface area contributed by atoms with Gasteiger partial charge in [0.2, 0.25) is 0 Å². The fraction of sp³-hybridized carbons (Fsp3) is 0.588. The van der Waals surface area contributed by atoms with Gasteiger partial charge in [-0.2, -0.15) is 0 Å². The number of ether oxygens (including phenoxy) is 2. The number of aliphatic hydroxyl groups is 1. The minimum absolute atomic E-state index is 0.0579. The van der Waals surface area contributed by atoms with Gasteiger partial charge in [0, 0.05) is 0 Å². The third-order valence-corrected chi connectivity index (χ3v) is 3.51. The molecule has 0 aromatic heterocycles. The average Bonchev–Trinajstić information content (AvgIpc) is 2.43. The zero-order valence-electron chi connectivity index (χ0n) is 13.9. The minimum atomic E-state index is -0.602. The summed E-state index contributed by atoms with van der Waals surface area (Å²) in [4.78, 5) is 14.1. The Bertz CT molecular complexity index is 548. The van der Waals surface area contributed by atoms with Crippen molar-refractivity contribution in [1.29, 1.82) is 0 Å². The van der Waals surface area contributed by atoms with Crippen LogP contribution in [0.25, 0.3) is 0 Å². The molecule has 1 N–H and O–H groups in total. The van der Waals surface area contributed by atoms with E-state index in [1.54, 1.807) is 24.0 Å². The molecule has 0 saturated heterocycles. The number of anilines is 1. The molecule has 0 bridgehead atoms. The SMILES string of the molecule is CCC1CN(C(=O)OC(C)(C)C)c2cc(C(C)O)ccc2O1. The van der Waals surface area contributed by atoms with Gasteiger partial charge in [0.1, 0.15) is 17.5 Å². The average molecular weight is 307 g/mol. The van der Waals surface area contributed by atoms with E-state index in [2.05, 4.69) is 0 Å². The summed E-state index contributed by atoms with van der Waals surface area (Å²) in [6.07, 6.45) is -0.248. The van der Waals surface area contributed by atoms with E-state index in [1.165, 1.54) is 0 Å². The summed E-state index contributed by atoms with van der Waals surface area (Å²) < 4.78 is 11.4. The van der Waals surface area contributed by atoms with Crippen molar-refractivity contribution >= 4 is 11.8 Å². The maximum absolute atomic E-state index is 12.5. The predicted molar refractivity (Wildman–Crippen MR) is 85.4 cm³/mol. The van der Waals surface area contributed by atoms with Crippen LogP contribution in [0.15, 0.2) is 18.2 Å². The van der Waals surface area contributed by atoms with Crippen molar-refractivity contribution in [3.8, 4) is 5.75 Å². The van der Waals surface area contributed by atoms with Gasteiger partial charge in [-0.3, -0.25) is 4.90 Å². The molecule has 22 heavy (non-hydrogen) atoms. The van der Waals surface area contributed by atoms with E-state index in [1.807, 2.05) is 33.8 Å². The molecule has 1 amide bonds. The highest BCUT2D eigenvalue weighted by molar-refractivity contribution is 5.90. The van der Waals surface area contributed by atoms with Crippen molar-refractivity contribution in [2.45, 2.75) is 58.8 Å². The number of amides is 1. The number of carbonyl (C=O) groups is 1. The molecular weight excluding hydrogens is 282 g/mol. The molecule has 1 aromatic carbocycles. The van der Waals surface area contributed by atoms with Gasteiger partial charge >= 0.3 is 6.09 Å². The Morgan fingerprint density at radius 3 is 2.73 bits per heavy atom. The van der Waals surface area contributed by atoms with Crippen molar-refractivity contribution in [2.24, 2.45) is 0 Å². The van der Waals surface area contributed by atoms with E-state index in [4.69, 9.17) is 9.47 Å². The number of hydrogen-bond donors (Lipinski definition) is 1. The lowest BCUT2D eigenvalue weighted by atomic mass is 10.1. The largest absolute Gasteiger partial charge is 0.486 e. The molecule has 1 heterocycles. The molecule has 0 fully saturated rings. The Labute approximate surface area is 131 Å². The first-order valence-corrected chi connectivity index (χ1v) is 7.70. The van der Waals surface area contributed by atoms with Crippen molar-refractivity contribution in [3.63, 3.8) is 0 Å². The number of nitrogens with zero attached hydrogens (tertiary/aromatic N) is 1. The smallest absolute Gasteiger partial charge is 0.415 e. The summed E-state index contributed by atoms with van der Waals surface area (Å²) in [6, 6.07) is 5.40. The first-order chi connectivity index (χ1) is 10.2. The molecule has 0 radical (unpaired) electrons. The summed E-state index contributed by atoms with van der Waals surface area (Å²) in [5.41, 5.74) is 0.835. The maximum atomic E-state index is 12.5. The lowest BCUT2D eigenvalue weighted by Crippen LogP contribution is -2.45. The number of aliphatic hydroxyl groups excluding tert-OH is 1. The highest BCUT2D eigenvalue weighted by atomic mass is 16.6.